The van der Waals surface area contributed by atoms with E-state index in [1.807, 2.05) is 0 Å². The molecule has 4 nitrogen and oxygen atoms in total. The third-order valence-electron chi connectivity index (χ3n) is 3.26. The molecular formula is C14H16Cl4N2O2. The van der Waals surface area contributed by atoms with Crippen LogP contribution >= 0.6 is 46.4 Å². The molecule has 1 aliphatic heterocycles. The maximum atomic E-state index is 12.2. The molecule has 1 aromatic carbocycles. The summed E-state index contributed by atoms with van der Waals surface area (Å²) in [7, 11) is 0. The van der Waals surface area contributed by atoms with Gasteiger partial charge >= 0.3 is 0 Å². The summed E-state index contributed by atoms with van der Waals surface area (Å²) in [6.45, 7) is 1.23. The maximum Gasteiger partial charge on any atom is 0.252 e. The summed E-state index contributed by atoms with van der Waals surface area (Å²) in [6.07, 6.45) is 1.19. The van der Waals surface area contributed by atoms with Crippen LogP contribution in [0.1, 0.15) is 23.2 Å². The van der Waals surface area contributed by atoms with E-state index >= 15 is 0 Å². The average molecular weight is 386 g/mol. The van der Waals surface area contributed by atoms with E-state index < -0.39 is 9.96 Å². The molecule has 2 atom stereocenters. The standard InChI is InChI=1S/C14H16Cl4N2O2/c15-10-4-1-3-9(7-10)12(21)20-13(14(16,17)18)19-8-11-5-2-6-22-11/h1,3-4,7,11,13,19H,2,5-6,8H2,(H,20,21)/t11-,13-/m0/s1. The number of ether oxygens (including phenoxy) is 1. The SMILES string of the molecule is O=C(N[C@H](NC[C@@H]1CCCO1)C(Cl)(Cl)Cl)c1cccc(Cl)c1. The molecule has 1 heterocycles. The number of nitrogens with one attached hydrogen (secondary N) is 2. The van der Waals surface area contributed by atoms with Gasteiger partial charge in [0, 0.05) is 23.7 Å². The highest BCUT2D eigenvalue weighted by Gasteiger charge is 2.34. The molecule has 0 radical (unpaired) electrons. The van der Waals surface area contributed by atoms with Crippen LogP contribution in [-0.2, 0) is 4.74 Å². The summed E-state index contributed by atoms with van der Waals surface area (Å²) in [5.74, 6) is -0.376. The fraction of sp³-hybridized carbons (Fsp3) is 0.500. The minimum Gasteiger partial charge on any atom is -0.377 e. The summed E-state index contributed by atoms with van der Waals surface area (Å²) in [4.78, 5) is 12.2. The van der Waals surface area contributed by atoms with Crippen molar-refractivity contribution in [2.24, 2.45) is 0 Å². The lowest BCUT2D eigenvalue weighted by Crippen LogP contribution is -2.54. The predicted molar refractivity (Wildman–Crippen MR) is 90.0 cm³/mol. The molecule has 0 spiro atoms. The number of hydrogen-bond acceptors (Lipinski definition) is 3. The molecule has 0 unspecified atom stereocenters. The number of amides is 1. The molecule has 22 heavy (non-hydrogen) atoms. The Morgan fingerprint density at radius 3 is 2.77 bits per heavy atom. The van der Waals surface area contributed by atoms with Gasteiger partial charge in [0.05, 0.1) is 6.10 Å². The lowest BCUT2D eigenvalue weighted by atomic mass is 10.2. The second kappa shape index (κ2) is 8.04. The number of carbonyl (C=O) groups is 1. The fourth-order valence-electron chi connectivity index (χ4n) is 2.15. The molecule has 1 amide bonds. The zero-order valence-corrected chi connectivity index (χ0v) is 14.6. The molecule has 2 rings (SSSR count). The van der Waals surface area contributed by atoms with Crippen molar-refractivity contribution in [2.45, 2.75) is 28.9 Å². The van der Waals surface area contributed by atoms with Crippen LogP contribution in [0.3, 0.4) is 0 Å². The zero-order valence-electron chi connectivity index (χ0n) is 11.6. The number of carbonyl (C=O) groups excluding carboxylic acids is 1. The molecule has 122 valence electrons. The third-order valence-corrected chi connectivity index (χ3v) is 4.15. The van der Waals surface area contributed by atoms with Gasteiger partial charge in [0.2, 0.25) is 3.79 Å². The monoisotopic (exact) mass is 384 g/mol. The van der Waals surface area contributed by atoms with Gasteiger partial charge in [-0.2, -0.15) is 0 Å². The first-order chi connectivity index (χ1) is 10.4. The van der Waals surface area contributed by atoms with Gasteiger partial charge in [-0.05, 0) is 31.0 Å². The lowest BCUT2D eigenvalue weighted by molar-refractivity contribution is 0.0897. The molecule has 0 saturated carbocycles. The number of hydrogen-bond donors (Lipinski definition) is 2. The zero-order chi connectivity index (χ0) is 16.2. The van der Waals surface area contributed by atoms with Crippen LogP contribution < -0.4 is 10.6 Å². The van der Waals surface area contributed by atoms with Gasteiger partial charge in [-0.25, -0.2) is 0 Å². The Kier molecular flexibility index (Phi) is 6.62. The smallest absolute Gasteiger partial charge is 0.252 e. The van der Waals surface area contributed by atoms with Crippen LogP contribution in [0.5, 0.6) is 0 Å². The fourth-order valence-corrected chi connectivity index (χ4v) is 2.73. The first-order valence-electron chi connectivity index (χ1n) is 6.84. The van der Waals surface area contributed by atoms with E-state index in [0.717, 1.165) is 19.4 Å². The van der Waals surface area contributed by atoms with E-state index in [-0.39, 0.29) is 12.0 Å². The van der Waals surface area contributed by atoms with Crippen LogP contribution in [0, 0.1) is 0 Å². The summed E-state index contributed by atoms with van der Waals surface area (Å²) in [5.41, 5.74) is 0.394. The Bertz CT molecular complexity index is 516. The summed E-state index contributed by atoms with van der Waals surface area (Å²) < 4.78 is 3.81. The Morgan fingerprint density at radius 2 is 2.18 bits per heavy atom. The van der Waals surface area contributed by atoms with Crippen LogP contribution in [0.4, 0.5) is 0 Å². The normalized spacial score (nSPS) is 19.9. The van der Waals surface area contributed by atoms with Gasteiger partial charge < -0.3 is 10.1 Å². The van der Waals surface area contributed by atoms with Crippen molar-refractivity contribution < 1.29 is 9.53 Å². The summed E-state index contributed by atoms with van der Waals surface area (Å²) >= 11 is 23.7. The Balaban J connectivity index is 1.98. The van der Waals surface area contributed by atoms with Gasteiger partial charge in [0.1, 0.15) is 6.17 Å². The van der Waals surface area contributed by atoms with E-state index in [2.05, 4.69) is 10.6 Å². The molecule has 2 N–H and O–H groups in total. The second-order valence-corrected chi connectivity index (χ2v) is 7.81. The van der Waals surface area contributed by atoms with Crippen molar-refractivity contribution in [3.05, 3.63) is 34.9 Å². The third kappa shape index (κ3) is 5.44. The number of benzene rings is 1. The molecule has 1 aromatic rings. The van der Waals surface area contributed by atoms with E-state index in [4.69, 9.17) is 51.1 Å². The van der Waals surface area contributed by atoms with Crippen molar-refractivity contribution in [2.75, 3.05) is 13.2 Å². The van der Waals surface area contributed by atoms with E-state index in [1.54, 1.807) is 24.3 Å². The van der Waals surface area contributed by atoms with E-state index in [0.29, 0.717) is 17.1 Å². The number of alkyl halides is 3. The summed E-state index contributed by atoms with van der Waals surface area (Å²) in [5, 5.41) is 6.16. The Hall–Kier alpha value is -0.230. The molecule has 1 fully saturated rings. The van der Waals surface area contributed by atoms with Gasteiger partial charge in [-0.1, -0.05) is 52.5 Å². The summed E-state index contributed by atoms with van der Waals surface area (Å²) in [6, 6.07) is 6.55. The van der Waals surface area contributed by atoms with Crippen molar-refractivity contribution >= 4 is 52.3 Å². The van der Waals surface area contributed by atoms with Crippen molar-refractivity contribution in [3.63, 3.8) is 0 Å². The van der Waals surface area contributed by atoms with Gasteiger partial charge in [0.15, 0.2) is 0 Å². The molecular weight excluding hydrogens is 370 g/mol. The topological polar surface area (TPSA) is 50.4 Å². The van der Waals surface area contributed by atoms with Crippen molar-refractivity contribution in [1.29, 1.82) is 0 Å². The van der Waals surface area contributed by atoms with Gasteiger partial charge in [-0.15, -0.1) is 0 Å². The minimum atomic E-state index is -1.69. The first-order valence-corrected chi connectivity index (χ1v) is 8.35. The van der Waals surface area contributed by atoms with Crippen LogP contribution in [0.25, 0.3) is 0 Å². The van der Waals surface area contributed by atoms with Crippen molar-refractivity contribution in [3.8, 4) is 0 Å². The van der Waals surface area contributed by atoms with Crippen molar-refractivity contribution in [1.82, 2.24) is 10.6 Å². The van der Waals surface area contributed by atoms with E-state index in [9.17, 15) is 4.79 Å². The Morgan fingerprint density at radius 1 is 1.41 bits per heavy atom. The molecule has 0 aliphatic carbocycles. The molecule has 1 saturated heterocycles. The maximum absolute atomic E-state index is 12.2. The predicted octanol–water partition coefficient (Wildman–Crippen LogP) is 3.53. The van der Waals surface area contributed by atoms with Gasteiger partial charge in [0.25, 0.3) is 5.91 Å². The highest BCUT2D eigenvalue weighted by atomic mass is 35.6. The lowest BCUT2D eigenvalue weighted by Gasteiger charge is -2.27. The number of halogens is 4. The first kappa shape index (κ1) is 18.1. The van der Waals surface area contributed by atoms with Gasteiger partial charge in [-0.3, -0.25) is 10.1 Å². The molecule has 1 aliphatic rings. The molecule has 0 aromatic heterocycles. The molecule has 0 bridgehead atoms. The van der Waals surface area contributed by atoms with Crippen LogP contribution in [-0.4, -0.2) is 35.1 Å². The molecule has 8 heteroatoms. The van der Waals surface area contributed by atoms with E-state index in [1.165, 1.54) is 0 Å². The highest BCUT2D eigenvalue weighted by molar-refractivity contribution is 6.68. The Labute approximate surface area is 149 Å². The van der Waals surface area contributed by atoms with Crippen LogP contribution in [0.15, 0.2) is 24.3 Å². The average Bonchev–Trinajstić information content (AvgIpc) is 2.95. The number of rotatable bonds is 5. The quantitative estimate of drug-likeness (QED) is 0.602. The minimum absolute atomic E-state index is 0.0675. The second-order valence-electron chi connectivity index (χ2n) is 5.00. The van der Waals surface area contributed by atoms with Crippen LogP contribution in [0.2, 0.25) is 5.02 Å². The largest absolute Gasteiger partial charge is 0.377 e. The highest BCUT2D eigenvalue weighted by Crippen LogP contribution is 2.29.